The van der Waals surface area contributed by atoms with Gasteiger partial charge in [-0.15, -0.1) is 0 Å². The van der Waals surface area contributed by atoms with Crippen LogP contribution < -0.4 is 4.74 Å². The highest BCUT2D eigenvalue weighted by atomic mass is 16.5. The molecule has 5 heteroatoms. The van der Waals surface area contributed by atoms with Gasteiger partial charge in [0.25, 0.3) is 0 Å². The maximum Gasteiger partial charge on any atom is 0.343 e. The van der Waals surface area contributed by atoms with E-state index in [-0.39, 0.29) is 16.9 Å². The van der Waals surface area contributed by atoms with Crippen molar-refractivity contribution >= 4 is 5.97 Å². The van der Waals surface area contributed by atoms with Crippen LogP contribution in [-0.2, 0) is 5.41 Å². The number of hydrogen-bond acceptors (Lipinski definition) is 3. The van der Waals surface area contributed by atoms with Crippen molar-refractivity contribution in [2.24, 2.45) is 0 Å². The Bertz CT molecular complexity index is 625. The summed E-state index contributed by atoms with van der Waals surface area (Å²) in [4.78, 5) is 11.6. The second-order valence-electron chi connectivity index (χ2n) is 5.54. The maximum atomic E-state index is 11.6. The van der Waals surface area contributed by atoms with Gasteiger partial charge in [0.15, 0.2) is 0 Å². The van der Waals surface area contributed by atoms with Crippen LogP contribution in [0.4, 0.5) is 0 Å². The highest BCUT2D eigenvalue weighted by Crippen LogP contribution is 2.33. The predicted molar refractivity (Wildman–Crippen MR) is 75.8 cm³/mol. The van der Waals surface area contributed by atoms with E-state index >= 15 is 0 Å². The third-order valence-corrected chi connectivity index (χ3v) is 2.96. The molecule has 1 aromatic heterocycles. The molecule has 0 bridgehead atoms. The van der Waals surface area contributed by atoms with Gasteiger partial charge in [-0.05, 0) is 12.1 Å². The molecule has 0 aliphatic carbocycles. The number of ether oxygens (including phenoxy) is 1. The van der Waals surface area contributed by atoms with E-state index in [1.165, 1.54) is 11.8 Å². The van der Waals surface area contributed by atoms with Gasteiger partial charge in [-0.25, -0.2) is 9.48 Å². The van der Waals surface area contributed by atoms with Crippen LogP contribution in [0.3, 0.4) is 0 Å². The van der Waals surface area contributed by atoms with Gasteiger partial charge in [-0.1, -0.05) is 39.0 Å². The summed E-state index contributed by atoms with van der Waals surface area (Å²) in [6, 6.07) is 9.34. The van der Waals surface area contributed by atoms with Gasteiger partial charge in [0.05, 0.1) is 18.5 Å². The van der Waals surface area contributed by atoms with Gasteiger partial charge >= 0.3 is 5.97 Å². The zero-order valence-electron chi connectivity index (χ0n) is 12.0. The van der Waals surface area contributed by atoms with E-state index in [0.29, 0.717) is 5.69 Å². The monoisotopic (exact) mass is 274 g/mol. The van der Waals surface area contributed by atoms with Crippen LogP contribution in [0.25, 0.3) is 5.69 Å². The zero-order valence-corrected chi connectivity index (χ0v) is 12.0. The Morgan fingerprint density at radius 1 is 1.25 bits per heavy atom. The third kappa shape index (κ3) is 2.39. The fraction of sp³-hybridized carbons (Fsp3) is 0.333. The van der Waals surface area contributed by atoms with Crippen LogP contribution in [0.15, 0.2) is 30.3 Å². The first-order valence-corrected chi connectivity index (χ1v) is 6.32. The molecule has 20 heavy (non-hydrogen) atoms. The van der Waals surface area contributed by atoms with E-state index in [9.17, 15) is 9.90 Å². The van der Waals surface area contributed by atoms with Crippen molar-refractivity contribution in [2.75, 3.05) is 7.11 Å². The lowest BCUT2D eigenvalue weighted by atomic mass is 9.89. The van der Waals surface area contributed by atoms with E-state index in [1.54, 1.807) is 0 Å². The topological polar surface area (TPSA) is 64.3 Å². The molecule has 0 spiro atoms. The molecule has 5 nitrogen and oxygen atoms in total. The van der Waals surface area contributed by atoms with Gasteiger partial charge in [-0.2, -0.15) is 5.10 Å². The first-order chi connectivity index (χ1) is 9.36. The Balaban J connectivity index is 2.74. The third-order valence-electron chi connectivity index (χ3n) is 2.96. The average molecular weight is 274 g/mol. The van der Waals surface area contributed by atoms with Crippen molar-refractivity contribution in [1.29, 1.82) is 0 Å². The SMILES string of the molecule is COc1c(C(=O)O)c(C(C)(C)C)nn1-c1ccccc1. The van der Waals surface area contributed by atoms with Crippen molar-refractivity contribution in [1.82, 2.24) is 9.78 Å². The molecule has 0 saturated heterocycles. The van der Waals surface area contributed by atoms with Crippen molar-refractivity contribution < 1.29 is 14.6 Å². The van der Waals surface area contributed by atoms with Crippen molar-refractivity contribution in [3.63, 3.8) is 0 Å². The van der Waals surface area contributed by atoms with Crippen LogP contribution in [-0.4, -0.2) is 28.0 Å². The van der Waals surface area contributed by atoms with Gasteiger partial charge in [0.1, 0.15) is 5.56 Å². The molecule has 0 amide bonds. The maximum absolute atomic E-state index is 11.6. The summed E-state index contributed by atoms with van der Waals surface area (Å²) in [5, 5.41) is 13.9. The average Bonchev–Trinajstić information content (AvgIpc) is 2.79. The molecule has 0 fully saturated rings. The van der Waals surface area contributed by atoms with E-state index in [4.69, 9.17) is 4.74 Å². The number of carboxylic acids is 1. The molecule has 106 valence electrons. The Morgan fingerprint density at radius 3 is 2.30 bits per heavy atom. The van der Waals surface area contributed by atoms with Crippen LogP contribution >= 0.6 is 0 Å². The minimum absolute atomic E-state index is 0.115. The number of aromatic nitrogens is 2. The molecule has 0 saturated carbocycles. The molecule has 0 aliphatic heterocycles. The molecule has 2 rings (SSSR count). The Labute approximate surface area is 117 Å². The lowest BCUT2D eigenvalue weighted by Crippen LogP contribution is -2.16. The van der Waals surface area contributed by atoms with Crippen LogP contribution in [0, 0.1) is 0 Å². The highest BCUT2D eigenvalue weighted by molar-refractivity contribution is 5.92. The fourth-order valence-electron chi connectivity index (χ4n) is 2.05. The van der Waals surface area contributed by atoms with Gasteiger partial charge in [0.2, 0.25) is 5.88 Å². The largest absolute Gasteiger partial charge is 0.480 e. The smallest absolute Gasteiger partial charge is 0.343 e. The molecule has 0 radical (unpaired) electrons. The Morgan fingerprint density at radius 2 is 1.85 bits per heavy atom. The zero-order chi connectivity index (χ0) is 14.9. The predicted octanol–water partition coefficient (Wildman–Crippen LogP) is 2.88. The molecular weight excluding hydrogens is 256 g/mol. The lowest BCUT2D eigenvalue weighted by Gasteiger charge is -2.15. The second kappa shape index (κ2) is 5.00. The molecule has 1 aromatic carbocycles. The van der Waals surface area contributed by atoms with Crippen molar-refractivity contribution in [3.8, 4) is 11.6 Å². The molecule has 0 unspecified atom stereocenters. The first-order valence-electron chi connectivity index (χ1n) is 6.32. The molecule has 1 heterocycles. The second-order valence-corrected chi connectivity index (χ2v) is 5.54. The van der Waals surface area contributed by atoms with Crippen LogP contribution in [0.5, 0.6) is 5.88 Å². The normalized spacial score (nSPS) is 11.4. The lowest BCUT2D eigenvalue weighted by molar-refractivity contribution is 0.0690. The van der Waals surface area contributed by atoms with E-state index < -0.39 is 5.97 Å². The van der Waals surface area contributed by atoms with Crippen molar-refractivity contribution in [2.45, 2.75) is 26.2 Å². The van der Waals surface area contributed by atoms with Gasteiger partial charge < -0.3 is 9.84 Å². The van der Waals surface area contributed by atoms with Crippen molar-refractivity contribution in [3.05, 3.63) is 41.6 Å². The molecule has 0 aliphatic rings. The molecule has 0 atom stereocenters. The molecule has 1 N–H and O–H groups in total. The molecule has 2 aromatic rings. The number of carboxylic acid groups (broad SMARTS) is 1. The van der Waals surface area contributed by atoms with E-state index in [2.05, 4.69) is 5.10 Å². The molecular formula is C15H18N2O3. The number of rotatable bonds is 3. The summed E-state index contributed by atoms with van der Waals surface area (Å²) in [6.45, 7) is 5.78. The van der Waals surface area contributed by atoms with E-state index in [0.717, 1.165) is 5.69 Å². The number of methoxy groups -OCH3 is 1. The van der Waals surface area contributed by atoms with Gasteiger partial charge in [-0.3, -0.25) is 0 Å². The number of nitrogens with zero attached hydrogens (tertiary/aromatic N) is 2. The number of aromatic carboxylic acids is 1. The summed E-state index contributed by atoms with van der Waals surface area (Å²) in [5.41, 5.74) is 0.998. The number of carbonyl (C=O) groups is 1. The Kier molecular flexibility index (Phi) is 3.53. The summed E-state index contributed by atoms with van der Waals surface area (Å²) >= 11 is 0. The van der Waals surface area contributed by atoms with Crippen LogP contribution in [0.1, 0.15) is 36.8 Å². The Hall–Kier alpha value is -2.30. The van der Waals surface area contributed by atoms with E-state index in [1.807, 2.05) is 51.1 Å². The fourth-order valence-corrected chi connectivity index (χ4v) is 2.05. The minimum atomic E-state index is -1.03. The minimum Gasteiger partial charge on any atom is -0.480 e. The number of para-hydroxylation sites is 1. The first kappa shape index (κ1) is 14.1. The van der Waals surface area contributed by atoms with Gasteiger partial charge in [0, 0.05) is 5.41 Å². The van der Waals surface area contributed by atoms with Crippen LogP contribution in [0.2, 0.25) is 0 Å². The highest BCUT2D eigenvalue weighted by Gasteiger charge is 2.31. The summed E-state index contributed by atoms with van der Waals surface area (Å²) in [5.74, 6) is -0.789. The number of benzene rings is 1. The summed E-state index contributed by atoms with van der Waals surface area (Å²) in [7, 11) is 1.45. The number of hydrogen-bond donors (Lipinski definition) is 1. The summed E-state index contributed by atoms with van der Waals surface area (Å²) in [6.07, 6.45) is 0. The summed E-state index contributed by atoms with van der Waals surface area (Å²) < 4.78 is 6.82. The standard InChI is InChI=1S/C15H18N2O3/c1-15(2,3)12-11(14(18)19)13(20-4)17(16-12)10-8-6-5-7-9-10/h5-9H,1-4H3,(H,18,19). The quantitative estimate of drug-likeness (QED) is 0.934.